The van der Waals surface area contributed by atoms with E-state index in [0.717, 1.165) is 54.4 Å². The highest BCUT2D eigenvalue weighted by Gasteiger charge is 2.39. The van der Waals surface area contributed by atoms with Crippen LogP contribution in [0.25, 0.3) is 0 Å². The fourth-order valence-electron chi connectivity index (χ4n) is 5.12. The molecule has 3 heterocycles. The summed E-state index contributed by atoms with van der Waals surface area (Å²) in [6.45, 7) is 10.4. The highest BCUT2D eigenvalue weighted by molar-refractivity contribution is 7.98. The minimum absolute atomic E-state index is 0.229. The number of ether oxygens (including phenoxy) is 2. The number of nitrogens with two attached hydrogens (primary N) is 1. The molecule has 3 aliphatic heterocycles. The van der Waals surface area contributed by atoms with Gasteiger partial charge in [0.05, 0.1) is 24.9 Å². The van der Waals surface area contributed by atoms with Gasteiger partial charge in [0.25, 0.3) is 0 Å². The number of rotatable bonds is 5. The summed E-state index contributed by atoms with van der Waals surface area (Å²) >= 11 is 1.55. The molecule has 5 rings (SSSR count). The molecule has 2 aromatic rings. The van der Waals surface area contributed by atoms with E-state index in [1.807, 2.05) is 4.31 Å². The summed E-state index contributed by atoms with van der Waals surface area (Å²) in [7, 11) is 1.71. The van der Waals surface area contributed by atoms with Gasteiger partial charge in [-0.05, 0) is 57.9 Å². The van der Waals surface area contributed by atoms with Crippen molar-refractivity contribution >= 4 is 29.4 Å². The molecule has 1 saturated heterocycles. The summed E-state index contributed by atoms with van der Waals surface area (Å²) < 4.78 is 16.3. The van der Waals surface area contributed by atoms with Crippen molar-refractivity contribution in [3.05, 3.63) is 52.6 Å². The van der Waals surface area contributed by atoms with Gasteiger partial charge in [-0.2, -0.15) is 0 Å². The summed E-state index contributed by atoms with van der Waals surface area (Å²) in [5.74, 6) is 1.33. The fraction of sp³-hybridized carbons (Fsp3) is 0.462. The molecule has 7 nitrogen and oxygen atoms in total. The first-order valence-electron chi connectivity index (χ1n) is 11.7. The SMILES string of the molecule is COc1cc2c(c3c1OC(C)(C)C3)C(c1cccc(N3CCN(CC(N)=O)S3)c1)=NC(C)(C)C2. The molecular formula is C26H32N4O3S. The smallest absolute Gasteiger partial charge is 0.232 e. The maximum absolute atomic E-state index is 11.3. The van der Waals surface area contributed by atoms with E-state index in [-0.39, 0.29) is 23.6 Å². The van der Waals surface area contributed by atoms with E-state index < -0.39 is 0 Å². The zero-order valence-corrected chi connectivity index (χ0v) is 21.3. The molecule has 2 aromatic carbocycles. The summed E-state index contributed by atoms with van der Waals surface area (Å²) in [6.07, 6.45) is 1.66. The second-order valence-corrected chi connectivity index (χ2v) is 11.6. The van der Waals surface area contributed by atoms with Crippen molar-refractivity contribution in [2.45, 2.75) is 51.7 Å². The molecule has 8 heteroatoms. The van der Waals surface area contributed by atoms with Crippen molar-refractivity contribution in [3.8, 4) is 11.5 Å². The Balaban J connectivity index is 1.57. The average Bonchev–Trinajstić information content (AvgIpc) is 3.34. The molecule has 0 aliphatic carbocycles. The van der Waals surface area contributed by atoms with Crippen LogP contribution in [0.4, 0.5) is 5.69 Å². The van der Waals surface area contributed by atoms with Crippen molar-refractivity contribution < 1.29 is 14.3 Å². The van der Waals surface area contributed by atoms with Crippen LogP contribution in [-0.4, -0.2) is 53.8 Å². The molecule has 0 bridgehead atoms. The monoisotopic (exact) mass is 480 g/mol. The lowest BCUT2D eigenvalue weighted by atomic mass is 9.81. The normalized spacial score (nSPS) is 20.4. The highest BCUT2D eigenvalue weighted by atomic mass is 32.2. The Bertz CT molecular complexity index is 1190. The number of primary amides is 1. The number of carbonyl (C=O) groups is 1. The second-order valence-electron chi connectivity index (χ2n) is 10.5. The lowest BCUT2D eigenvalue weighted by Gasteiger charge is -2.31. The third-order valence-electron chi connectivity index (χ3n) is 6.41. The molecule has 2 N–H and O–H groups in total. The largest absolute Gasteiger partial charge is 0.493 e. The second kappa shape index (κ2) is 8.20. The van der Waals surface area contributed by atoms with Crippen LogP contribution in [0.15, 0.2) is 35.3 Å². The van der Waals surface area contributed by atoms with Crippen LogP contribution >= 0.6 is 12.1 Å². The lowest BCUT2D eigenvalue weighted by Crippen LogP contribution is -2.30. The lowest BCUT2D eigenvalue weighted by molar-refractivity contribution is -0.118. The van der Waals surface area contributed by atoms with E-state index in [9.17, 15) is 4.79 Å². The molecule has 180 valence electrons. The topological polar surface area (TPSA) is 80.4 Å². The standard InChI is InChI=1S/C26H32N4O3S/c1-25(2)13-17-12-20(32-5)24-19(14-26(3,4)33-24)22(17)23(28-25)16-7-6-8-18(11-16)30-10-9-29(34-30)15-21(27)31/h6-8,11-12H,9-10,13-15H2,1-5H3,(H2,27,31). The van der Waals surface area contributed by atoms with Crippen molar-refractivity contribution in [1.29, 1.82) is 0 Å². The maximum Gasteiger partial charge on any atom is 0.232 e. The van der Waals surface area contributed by atoms with Crippen LogP contribution in [0, 0.1) is 0 Å². The van der Waals surface area contributed by atoms with Crippen molar-refractivity contribution in [2.24, 2.45) is 10.7 Å². The van der Waals surface area contributed by atoms with Gasteiger partial charge in [0.1, 0.15) is 5.60 Å². The number of benzene rings is 2. The first-order valence-corrected chi connectivity index (χ1v) is 12.4. The molecule has 1 amide bonds. The Morgan fingerprint density at radius 3 is 2.74 bits per heavy atom. The van der Waals surface area contributed by atoms with Gasteiger partial charge in [0, 0.05) is 54.0 Å². The molecule has 0 spiro atoms. The van der Waals surface area contributed by atoms with E-state index in [0.29, 0.717) is 0 Å². The third kappa shape index (κ3) is 4.25. The predicted molar refractivity (Wildman–Crippen MR) is 137 cm³/mol. The Morgan fingerprint density at radius 1 is 1.21 bits per heavy atom. The fourth-order valence-corrected chi connectivity index (χ4v) is 6.12. The number of carbonyl (C=O) groups excluding carboxylic acids is 1. The van der Waals surface area contributed by atoms with Crippen LogP contribution < -0.4 is 19.5 Å². The minimum Gasteiger partial charge on any atom is -0.493 e. The zero-order chi connectivity index (χ0) is 24.3. The number of hydrogen-bond acceptors (Lipinski definition) is 7. The van der Waals surface area contributed by atoms with E-state index in [1.54, 1.807) is 19.2 Å². The molecule has 0 unspecified atom stereocenters. The van der Waals surface area contributed by atoms with Crippen LogP contribution in [0.2, 0.25) is 0 Å². The Kier molecular flexibility index (Phi) is 5.56. The van der Waals surface area contributed by atoms with Gasteiger partial charge in [-0.25, -0.2) is 4.31 Å². The van der Waals surface area contributed by atoms with Crippen molar-refractivity contribution in [2.75, 3.05) is 31.0 Å². The quantitative estimate of drug-likeness (QED) is 0.657. The molecule has 0 atom stereocenters. The van der Waals surface area contributed by atoms with Crippen LogP contribution in [0.5, 0.6) is 11.5 Å². The van der Waals surface area contributed by atoms with Gasteiger partial charge < -0.3 is 19.5 Å². The molecule has 1 fully saturated rings. The number of aliphatic imine (C=N–C) groups is 1. The summed E-state index contributed by atoms with van der Waals surface area (Å²) in [4.78, 5) is 16.6. The highest BCUT2D eigenvalue weighted by Crippen LogP contribution is 2.48. The van der Waals surface area contributed by atoms with Crippen LogP contribution in [0.3, 0.4) is 0 Å². The Hall–Kier alpha value is -2.71. The van der Waals surface area contributed by atoms with Gasteiger partial charge in [0.15, 0.2) is 11.5 Å². The summed E-state index contributed by atoms with van der Waals surface area (Å²) in [5.41, 5.74) is 11.7. The minimum atomic E-state index is -0.312. The summed E-state index contributed by atoms with van der Waals surface area (Å²) in [6, 6.07) is 10.6. The van der Waals surface area contributed by atoms with E-state index in [1.165, 1.54) is 16.7 Å². The Morgan fingerprint density at radius 2 is 2.00 bits per heavy atom. The number of fused-ring (bicyclic) bond motifs is 3. The number of hydrogen-bond donors (Lipinski definition) is 1. The van der Waals surface area contributed by atoms with Gasteiger partial charge in [-0.3, -0.25) is 9.79 Å². The van der Waals surface area contributed by atoms with Crippen molar-refractivity contribution in [1.82, 2.24) is 4.31 Å². The first-order chi connectivity index (χ1) is 16.0. The van der Waals surface area contributed by atoms with Crippen molar-refractivity contribution in [3.63, 3.8) is 0 Å². The van der Waals surface area contributed by atoms with Crippen LogP contribution in [0.1, 0.15) is 49.9 Å². The number of amides is 1. The number of nitrogens with zero attached hydrogens (tertiary/aromatic N) is 3. The predicted octanol–water partition coefficient (Wildman–Crippen LogP) is 3.75. The van der Waals surface area contributed by atoms with Gasteiger partial charge in [-0.1, -0.05) is 12.1 Å². The van der Waals surface area contributed by atoms with E-state index in [4.69, 9.17) is 20.2 Å². The Labute approximate surface area is 205 Å². The van der Waals surface area contributed by atoms with Gasteiger partial charge >= 0.3 is 0 Å². The van der Waals surface area contributed by atoms with Gasteiger partial charge in [-0.15, -0.1) is 0 Å². The number of anilines is 1. The molecule has 0 aromatic heterocycles. The zero-order valence-electron chi connectivity index (χ0n) is 20.5. The van der Waals surface area contributed by atoms with E-state index in [2.05, 4.69) is 62.3 Å². The molecule has 0 saturated carbocycles. The molecule has 34 heavy (non-hydrogen) atoms. The van der Waals surface area contributed by atoms with Gasteiger partial charge in [0.2, 0.25) is 5.91 Å². The molecule has 0 radical (unpaired) electrons. The first kappa shape index (κ1) is 23.1. The average molecular weight is 481 g/mol. The number of methoxy groups -OCH3 is 1. The maximum atomic E-state index is 11.3. The van der Waals surface area contributed by atoms with Crippen LogP contribution in [-0.2, 0) is 17.6 Å². The molecular weight excluding hydrogens is 448 g/mol. The third-order valence-corrected chi connectivity index (χ3v) is 7.54. The molecule has 3 aliphatic rings. The van der Waals surface area contributed by atoms with E-state index >= 15 is 0 Å². The summed E-state index contributed by atoms with van der Waals surface area (Å²) in [5, 5.41) is 0.